The number of rotatable bonds is 7. The molecule has 0 atom stereocenters. The Hall–Kier alpha value is -1.58. The molecule has 0 bridgehead atoms. The van der Waals surface area contributed by atoms with Gasteiger partial charge in [-0.05, 0) is 12.8 Å². The number of hydrogen-bond acceptors (Lipinski definition) is 3. The van der Waals surface area contributed by atoms with Crippen molar-refractivity contribution in [3.8, 4) is 0 Å². The van der Waals surface area contributed by atoms with Gasteiger partial charge in [0.1, 0.15) is 6.61 Å². The summed E-state index contributed by atoms with van der Waals surface area (Å²) in [5, 5.41) is 8.29. The lowest BCUT2D eigenvalue weighted by molar-refractivity contribution is -0.143. The van der Waals surface area contributed by atoms with Gasteiger partial charge >= 0.3 is 11.9 Å². The summed E-state index contributed by atoms with van der Waals surface area (Å²) in [5.41, 5.74) is 0. The zero-order chi connectivity index (χ0) is 12.1. The number of carboxylic acids is 1. The summed E-state index contributed by atoms with van der Waals surface area (Å²) in [6, 6.07) is 0. The van der Waals surface area contributed by atoms with Crippen molar-refractivity contribution in [3.63, 3.8) is 0 Å². The molecule has 0 radical (unpaired) electrons. The van der Waals surface area contributed by atoms with Gasteiger partial charge in [0.05, 0.1) is 0 Å². The van der Waals surface area contributed by atoms with Crippen molar-refractivity contribution in [3.05, 3.63) is 25.8 Å². The largest absolute Gasteiger partial charge is 0.481 e. The van der Waals surface area contributed by atoms with Crippen molar-refractivity contribution in [2.75, 3.05) is 6.61 Å². The Bertz CT molecular complexity index is 199. The van der Waals surface area contributed by atoms with E-state index >= 15 is 0 Å². The van der Waals surface area contributed by atoms with Crippen LogP contribution in [0.2, 0.25) is 0 Å². The lowest BCUT2D eigenvalue weighted by Gasteiger charge is -2.00. The standard InChI is InChI=1S/C9H14O4.C2H4/c1-2-7-13-9(12)6-4-3-5-8(10)11;1-2/h2H,1,3-7H2,(H,10,11);1-2H2. The quantitative estimate of drug-likeness (QED) is 0.400. The molecular formula is C11H18O4. The van der Waals surface area contributed by atoms with Gasteiger partial charge in [0.15, 0.2) is 0 Å². The third kappa shape index (κ3) is 15.2. The van der Waals surface area contributed by atoms with Crippen molar-refractivity contribution in [1.82, 2.24) is 0 Å². The molecule has 0 saturated carbocycles. The average molecular weight is 214 g/mol. The molecule has 0 unspecified atom stereocenters. The summed E-state index contributed by atoms with van der Waals surface area (Å²) in [5.74, 6) is -1.13. The van der Waals surface area contributed by atoms with Gasteiger partial charge in [-0.25, -0.2) is 0 Å². The van der Waals surface area contributed by atoms with E-state index in [9.17, 15) is 9.59 Å². The summed E-state index contributed by atoms with van der Waals surface area (Å²) < 4.78 is 4.69. The molecule has 0 aromatic heterocycles. The zero-order valence-corrected chi connectivity index (χ0v) is 8.91. The third-order valence-corrected chi connectivity index (χ3v) is 1.38. The van der Waals surface area contributed by atoms with Gasteiger partial charge in [-0.15, -0.1) is 13.2 Å². The SMILES string of the molecule is C=C.C=CCOC(=O)CCCCC(=O)O. The first kappa shape index (κ1) is 15.9. The van der Waals surface area contributed by atoms with E-state index in [2.05, 4.69) is 19.7 Å². The normalized spacial score (nSPS) is 8.27. The second-order valence-corrected chi connectivity index (χ2v) is 2.57. The van der Waals surface area contributed by atoms with Crippen LogP contribution < -0.4 is 0 Å². The smallest absolute Gasteiger partial charge is 0.306 e. The van der Waals surface area contributed by atoms with Crippen LogP contribution in [0.5, 0.6) is 0 Å². The summed E-state index contributed by atoms with van der Waals surface area (Å²) in [4.78, 5) is 20.9. The molecule has 0 aliphatic rings. The van der Waals surface area contributed by atoms with E-state index in [-0.39, 0.29) is 25.4 Å². The first-order valence-corrected chi connectivity index (χ1v) is 4.65. The van der Waals surface area contributed by atoms with Gasteiger partial charge in [-0.1, -0.05) is 12.7 Å². The molecule has 0 aromatic rings. The Morgan fingerprint density at radius 3 is 2.20 bits per heavy atom. The molecule has 4 heteroatoms. The van der Waals surface area contributed by atoms with Crippen LogP contribution in [0.25, 0.3) is 0 Å². The zero-order valence-electron chi connectivity index (χ0n) is 8.91. The van der Waals surface area contributed by atoms with E-state index in [1.165, 1.54) is 6.08 Å². The minimum Gasteiger partial charge on any atom is -0.481 e. The minimum absolute atomic E-state index is 0.106. The Morgan fingerprint density at radius 1 is 1.20 bits per heavy atom. The van der Waals surface area contributed by atoms with Crippen molar-refractivity contribution >= 4 is 11.9 Å². The fourth-order valence-electron chi connectivity index (χ4n) is 0.770. The fourth-order valence-corrected chi connectivity index (χ4v) is 0.770. The van der Waals surface area contributed by atoms with Gasteiger partial charge in [0, 0.05) is 12.8 Å². The number of hydrogen-bond donors (Lipinski definition) is 1. The first-order chi connectivity index (χ1) is 7.16. The fraction of sp³-hybridized carbons (Fsp3) is 0.455. The molecule has 15 heavy (non-hydrogen) atoms. The highest BCUT2D eigenvalue weighted by atomic mass is 16.5. The van der Waals surface area contributed by atoms with Gasteiger partial charge in [0.25, 0.3) is 0 Å². The van der Waals surface area contributed by atoms with Crippen LogP contribution in [0, 0.1) is 0 Å². The summed E-state index contributed by atoms with van der Waals surface area (Å²) in [6.45, 7) is 9.62. The van der Waals surface area contributed by atoms with Crippen LogP contribution in [0.4, 0.5) is 0 Å². The maximum absolute atomic E-state index is 10.8. The van der Waals surface area contributed by atoms with Crippen LogP contribution in [0.3, 0.4) is 0 Å². The van der Waals surface area contributed by atoms with Crippen molar-refractivity contribution < 1.29 is 19.4 Å². The van der Waals surface area contributed by atoms with E-state index in [1.807, 2.05) is 0 Å². The van der Waals surface area contributed by atoms with Crippen LogP contribution >= 0.6 is 0 Å². The lowest BCUT2D eigenvalue weighted by atomic mass is 10.2. The number of carbonyl (C=O) groups is 2. The van der Waals surface area contributed by atoms with Crippen molar-refractivity contribution in [1.29, 1.82) is 0 Å². The number of esters is 1. The maximum Gasteiger partial charge on any atom is 0.306 e. The second-order valence-electron chi connectivity index (χ2n) is 2.57. The summed E-state index contributed by atoms with van der Waals surface area (Å²) in [6.07, 6.45) is 2.95. The van der Waals surface area contributed by atoms with Crippen molar-refractivity contribution in [2.45, 2.75) is 25.7 Å². The Balaban J connectivity index is 0. The van der Waals surface area contributed by atoms with Gasteiger partial charge in [-0.3, -0.25) is 9.59 Å². The number of unbranched alkanes of at least 4 members (excludes halogenated alkanes) is 1. The molecular weight excluding hydrogens is 196 g/mol. The van der Waals surface area contributed by atoms with E-state index in [1.54, 1.807) is 0 Å². The molecule has 0 aliphatic heterocycles. The average Bonchev–Trinajstić information content (AvgIpc) is 2.24. The Morgan fingerprint density at radius 2 is 1.73 bits per heavy atom. The molecule has 0 rings (SSSR count). The molecule has 0 aromatic carbocycles. The summed E-state index contributed by atoms with van der Waals surface area (Å²) >= 11 is 0. The maximum atomic E-state index is 10.8. The second kappa shape index (κ2) is 12.4. The van der Waals surface area contributed by atoms with Crippen LogP contribution in [-0.2, 0) is 14.3 Å². The van der Waals surface area contributed by atoms with Gasteiger partial charge in [-0.2, -0.15) is 0 Å². The molecule has 86 valence electrons. The highest BCUT2D eigenvalue weighted by Gasteiger charge is 2.02. The van der Waals surface area contributed by atoms with E-state index in [0.717, 1.165) is 0 Å². The molecule has 0 heterocycles. The number of ether oxygens (including phenoxy) is 1. The van der Waals surface area contributed by atoms with Crippen LogP contribution in [-0.4, -0.2) is 23.7 Å². The summed E-state index contributed by atoms with van der Waals surface area (Å²) in [7, 11) is 0. The molecule has 1 N–H and O–H groups in total. The van der Waals surface area contributed by atoms with Crippen molar-refractivity contribution in [2.24, 2.45) is 0 Å². The monoisotopic (exact) mass is 214 g/mol. The van der Waals surface area contributed by atoms with E-state index in [0.29, 0.717) is 12.8 Å². The third-order valence-electron chi connectivity index (χ3n) is 1.38. The van der Waals surface area contributed by atoms with Gasteiger partial charge < -0.3 is 9.84 Å². The number of carboxylic acid groups (broad SMARTS) is 1. The minimum atomic E-state index is -0.834. The molecule has 4 nitrogen and oxygen atoms in total. The Labute approximate surface area is 90.2 Å². The Kier molecular flexibility index (Phi) is 13.1. The predicted molar refractivity (Wildman–Crippen MR) is 58.5 cm³/mol. The lowest BCUT2D eigenvalue weighted by Crippen LogP contribution is -2.04. The molecule has 0 amide bonds. The molecule has 0 fully saturated rings. The number of aliphatic carboxylic acids is 1. The van der Waals surface area contributed by atoms with Crippen LogP contribution in [0.1, 0.15) is 25.7 Å². The number of carbonyl (C=O) groups excluding carboxylic acids is 1. The first-order valence-electron chi connectivity index (χ1n) is 4.65. The highest BCUT2D eigenvalue weighted by Crippen LogP contribution is 2.01. The van der Waals surface area contributed by atoms with E-state index < -0.39 is 5.97 Å². The predicted octanol–water partition coefficient (Wildman–Crippen LogP) is 2.16. The van der Waals surface area contributed by atoms with Crippen LogP contribution in [0.15, 0.2) is 25.8 Å². The molecule has 0 aliphatic carbocycles. The molecule has 0 spiro atoms. The molecule has 0 saturated heterocycles. The van der Waals surface area contributed by atoms with Gasteiger partial charge in [0.2, 0.25) is 0 Å². The highest BCUT2D eigenvalue weighted by molar-refractivity contribution is 5.69. The topological polar surface area (TPSA) is 63.6 Å². The van der Waals surface area contributed by atoms with E-state index in [4.69, 9.17) is 9.84 Å².